The van der Waals surface area contributed by atoms with Gasteiger partial charge in [-0.15, -0.1) is 0 Å². The lowest BCUT2D eigenvalue weighted by atomic mass is 10.0. The van der Waals surface area contributed by atoms with Crippen molar-refractivity contribution in [3.8, 4) is 0 Å². The summed E-state index contributed by atoms with van der Waals surface area (Å²) in [5.41, 5.74) is 0. The molecule has 1 aliphatic heterocycles. The molecule has 1 atom stereocenters. The maximum absolute atomic E-state index is 12.0. The molecule has 0 aromatic rings. The van der Waals surface area contributed by atoms with Crippen LogP contribution in [-0.2, 0) is 10.0 Å². The molecular formula is C15H32N2O2S. The summed E-state index contributed by atoms with van der Waals surface area (Å²) < 4.78 is 25.7. The van der Waals surface area contributed by atoms with Crippen molar-refractivity contribution < 1.29 is 8.42 Å². The summed E-state index contributed by atoms with van der Waals surface area (Å²) in [7, 11) is -3.00. The van der Waals surface area contributed by atoms with Crippen LogP contribution in [-0.4, -0.2) is 43.6 Å². The second-order valence-electron chi connectivity index (χ2n) is 6.05. The van der Waals surface area contributed by atoms with Crippen molar-refractivity contribution in [3.05, 3.63) is 0 Å². The van der Waals surface area contributed by atoms with E-state index >= 15 is 0 Å². The predicted molar refractivity (Wildman–Crippen MR) is 85.4 cm³/mol. The summed E-state index contributed by atoms with van der Waals surface area (Å²) in [5.74, 6) is 0.290. The lowest BCUT2D eigenvalue weighted by Crippen LogP contribution is -2.47. The highest BCUT2D eigenvalue weighted by atomic mass is 32.2. The Bertz CT molecular complexity index is 349. The van der Waals surface area contributed by atoms with Crippen LogP contribution in [0.5, 0.6) is 0 Å². The van der Waals surface area contributed by atoms with Gasteiger partial charge in [-0.25, -0.2) is 12.7 Å². The maximum atomic E-state index is 12.0. The molecule has 1 unspecified atom stereocenters. The largest absolute Gasteiger partial charge is 0.311 e. The first-order valence-electron chi connectivity index (χ1n) is 8.23. The molecule has 0 aliphatic carbocycles. The quantitative estimate of drug-likeness (QED) is 0.666. The summed E-state index contributed by atoms with van der Waals surface area (Å²) in [6, 6.07) is 1.03. The Hall–Kier alpha value is -0.130. The highest BCUT2D eigenvalue weighted by Crippen LogP contribution is 2.16. The topological polar surface area (TPSA) is 49.4 Å². The number of nitrogens with zero attached hydrogens (tertiary/aromatic N) is 1. The van der Waals surface area contributed by atoms with Crippen LogP contribution in [0.3, 0.4) is 0 Å². The average molecular weight is 305 g/mol. The van der Waals surface area contributed by atoms with Crippen molar-refractivity contribution in [2.75, 3.05) is 18.8 Å². The standard InChI is InChI=1S/C15H32N2O2S/c1-4-6-7-8-14(3)16-15-9-11-17(12-10-15)20(18,19)13-5-2/h14-16H,4-13H2,1-3H3. The third-order valence-electron chi connectivity index (χ3n) is 4.07. The van der Waals surface area contributed by atoms with Gasteiger partial charge in [-0.1, -0.05) is 33.1 Å². The molecule has 1 N–H and O–H groups in total. The fourth-order valence-corrected chi connectivity index (χ4v) is 4.42. The summed E-state index contributed by atoms with van der Waals surface area (Å²) in [6.45, 7) is 7.76. The molecule has 0 amide bonds. The van der Waals surface area contributed by atoms with Gasteiger partial charge in [0, 0.05) is 25.2 Å². The van der Waals surface area contributed by atoms with E-state index in [2.05, 4.69) is 19.2 Å². The van der Waals surface area contributed by atoms with Gasteiger partial charge in [-0.3, -0.25) is 0 Å². The lowest BCUT2D eigenvalue weighted by Gasteiger charge is -2.33. The van der Waals surface area contributed by atoms with Gasteiger partial charge in [0.05, 0.1) is 5.75 Å². The highest BCUT2D eigenvalue weighted by molar-refractivity contribution is 7.89. The first-order chi connectivity index (χ1) is 9.49. The van der Waals surface area contributed by atoms with E-state index in [4.69, 9.17) is 0 Å². The average Bonchev–Trinajstić information content (AvgIpc) is 2.39. The van der Waals surface area contributed by atoms with Gasteiger partial charge in [0.2, 0.25) is 10.0 Å². The van der Waals surface area contributed by atoms with E-state index in [1.165, 1.54) is 25.7 Å². The zero-order valence-electron chi connectivity index (χ0n) is 13.4. The normalized spacial score (nSPS) is 20.1. The van der Waals surface area contributed by atoms with Crippen molar-refractivity contribution in [3.63, 3.8) is 0 Å². The van der Waals surface area contributed by atoms with E-state index in [0.29, 0.717) is 37.3 Å². The number of unbranched alkanes of at least 4 members (excludes halogenated alkanes) is 2. The molecule has 0 aromatic heterocycles. The zero-order valence-corrected chi connectivity index (χ0v) is 14.2. The van der Waals surface area contributed by atoms with Gasteiger partial charge in [0.25, 0.3) is 0 Å². The van der Waals surface area contributed by atoms with Gasteiger partial charge in [-0.2, -0.15) is 0 Å². The molecule has 0 aromatic carbocycles. The summed E-state index contributed by atoms with van der Waals surface area (Å²) in [4.78, 5) is 0. The molecule has 120 valence electrons. The van der Waals surface area contributed by atoms with Crippen LogP contribution in [0, 0.1) is 0 Å². The molecule has 1 saturated heterocycles. The monoisotopic (exact) mass is 304 g/mol. The number of hydrogen-bond acceptors (Lipinski definition) is 3. The summed E-state index contributed by atoms with van der Waals surface area (Å²) in [5, 5.41) is 3.66. The van der Waals surface area contributed by atoms with E-state index in [9.17, 15) is 8.42 Å². The van der Waals surface area contributed by atoms with Gasteiger partial charge in [0.15, 0.2) is 0 Å². The molecule has 0 bridgehead atoms. The van der Waals surface area contributed by atoms with Crippen LogP contribution in [0.4, 0.5) is 0 Å². The van der Waals surface area contributed by atoms with Crippen LogP contribution in [0.25, 0.3) is 0 Å². The minimum atomic E-state index is -3.00. The smallest absolute Gasteiger partial charge is 0.214 e. The van der Waals surface area contributed by atoms with E-state index < -0.39 is 10.0 Å². The Labute approximate surface area is 125 Å². The molecule has 1 aliphatic rings. The number of rotatable bonds is 9. The van der Waals surface area contributed by atoms with Crippen molar-refractivity contribution in [2.24, 2.45) is 0 Å². The Kier molecular flexibility index (Phi) is 8.07. The predicted octanol–water partition coefficient (Wildman–Crippen LogP) is 2.75. The van der Waals surface area contributed by atoms with Crippen LogP contribution < -0.4 is 5.32 Å². The van der Waals surface area contributed by atoms with Crippen LogP contribution >= 0.6 is 0 Å². The Morgan fingerprint density at radius 2 is 1.80 bits per heavy atom. The Morgan fingerprint density at radius 3 is 2.35 bits per heavy atom. The third kappa shape index (κ3) is 6.10. The van der Waals surface area contributed by atoms with E-state index in [-0.39, 0.29) is 0 Å². The molecule has 0 saturated carbocycles. The van der Waals surface area contributed by atoms with Crippen molar-refractivity contribution >= 4 is 10.0 Å². The summed E-state index contributed by atoms with van der Waals surface area (Å²) >= 11 is 0. The molecule has 0 radical (unpaired) electrons. The third-order valence-corrected chi connectivity index (χ3v) is 6.15. The Morgan fingerprint density at radius 1 is 1.15 bits per heavy atom. The maximum Gasteiger partial charge on any atom is 0.214 e. The van der Waals surface area contributed by atoms with Crippen LogP contribution in [0.15, 0.2) is 0 Å². The van der Waals surface area contributed by atoms with Crippen LogP contribution in [0.2, 0.25) is 0 Å². The Balaban J connectivity index is 2.28. The molecule has 1 fully saturated rings. The minimum Gasteiger partial charge on any atom is -0.311 e. The molecule has 4 nitrogen and oxygen atoms in total. The summed E-state index contributed by atoms with van der Waals surface area (Å²) in [6.07, 6.45) is 7.67. The van der Waals surface area contributed by atoms with Crippen molar-refractivity contribution in [1.29, 1.82) is 0 Å². The first kappa shape index (κ1) is 17.9. The van der Waals surface area contributed by atoms with Gasteiger partial charge in [-0.05, 0) is 32.6 Å². The van der Waals surface area contributed by atoms with Crippen molar-refractivity contribution in [2.45, 2.75) is 77.8 Å². The SMILES string of the molecule is CCCCCC(C)NC1CCN(S(=O)(=O)CCC)CC1. The van der Waals surface area contributed by atoms with E-state index in [1.54, 1.807) is 4.31 Å². The second-order valence-corrected chi connectivity index (χ2v) is 8.14. The fraction of sp³-hybridized carbons (Fsp3) is 1.00. The molecule has 1 rings (SSSR count). The minimum absolute atomic E-state index is 0.290. The zero-order chi connectivity index (χ0) is 15.0. The number of hydrogen-bond donors (Lipinski definition) is 1. The van der Waals surface area contributed by atoms with Gasteiger partial charge >= 0.3 is 0 Å². The number of piperidine rings is 1. The molecular weight excluding hydrogens is 272 g/mol. The molecule has 1 heterocycles. The number of nitrogens with one attached hydrogen (secondary N) is 1. The second kappa shape index (κ2) is 9.00. The van der Waals surface area contributed by atoms with Crippen molar-refractivity contribution in [1.82, 2.24) is 9.62 Å². The van der Waals surface area contributed by atoms with Gasteiger partial charge in [0.1, 0.15) is 0 Å². The van der Waals surface area contributed by atoms with Crippen LogP contribution in [0.1, 0.15) is 65.7 Å². The highest BCUT2D eigenvalue weighted by Gasteiger charge is 2.27. The van der Waals surface area contributed by atoms with E-state index in [1.807, 2.05) is 6.92 Å². The first-order valence-corrected chi connectivity index (χ1v) is 9.84. The molecule has 0 spiro atoms. The number of sulfonamides is 1. The molecule has 5 heteroatoms. The van der Waals surface area contributed by atoms with Gasteiger partial charge < -0.3 is 5.32 Å². The fourth-order valence-electron chi connectivity index (χ4n) is 2.87. The molecule has 20 heavy (non-hydrogen) atoms. The lowest BCUT2D eigenvalue weighted by molar-refractivity contribution is 0.272. The van der Waals surface area contributed by atoms with E-state index in [0.717, 1.165) is 12.8 Å².